The smallest absolute Gasteiger partial charge is 0.234 e. The highest BCUT2D eigenvalue weighted by molar-refractivity contribution is 6.27. The van der Waals surface area contributed by atoms with Crippen molar-refractivity contribution in [3.8, 4) is 0 Å². The Bertz CT molecular complexity index is 384. The minimum Gasteiger partial charge on any atom is -0.356 e. The average Bonchev–Trinajstić information content (AvgIpc) is 2.39. The van der Waals surface area contributed by atoms with Crippen molar-refractivity contribution in [3.05, 3.63) is 30.1 Å². The number of carbonyl (C=O) groups is 2. The molecule has 0 saturated carbocycles. The van der Waals surface area contributed by atoms with Gasteiger partial charge in [-0.2, -0.15) is 0 Å². The van der Waals surface area contributed by atoms with E-state index in [0.717, 1.165) is 5.69 Å². The number of hydrogen-bond donors (Lipinski definition) is 2. The van der Waals surface area contributed by atoms with Crippen molar-refractivity contribution < 1.29 is 9.59 Å². The summed E-state index contributed by atoms with van der Waals surface area (Å²) in [7, 11) is 0. The Morgan fingerprint density at radius 2 is 1.94 bits per heavy atom. The van der Waals surface area contributed by atoms with E-state index < -0.39 is 0 Å². The van der Waals surface area contributed by atoms with E-state index in [2.05, 4.69) is 15.6 Å². The molecule has 0 aliphatic heterocycles. The second-order valence-corrected chi connectivity index (χ2v) is 3.92. The van der Waals surface area contributed by atoms with Crippen molar-refractivity contribution in [1.82, 2.24) is 15.6 Å². The van der Waals surface area contributed by atoms with Crippen LogP contribution in [-0.4, -0.2) is 35.8 Å². The van der Waals surface area contributed by atoms with Gasteiger partial charge in [0, 0.05) is 37.8 Å². The summed E-state index contributed by atoms with van der Waals surface area (Å²) in [5.41, 5.74) is 0.938. The molecule has 0 aliphatic carbocycles. The summed E-state index contributed by atoms with van der Waals surface area (Å²) in [5.74, 6) is -0.444. The van der Waals surface area contributed by atoms with Crippen molar-refractivity contribution in [2.75, 3.05) is 19.0 Å². The molecule has 2 N–H and O–H groups in total. The van der Waals surface area contributed by atoms with E-state index in [0.29, 0.717) is 19.5 Å². The van der Waals surface area contributed by atoms with Crippen LogP contribution in [0.3, 0.4) is 0 Å². The fraction of sp³-hybridized carbons (Fsp3) is 0.417. The highest BCUT2D eigenvalue weighted by atomic mass is 35.5. The number of nitrogens with zero attached hydrogens (tertiary/aromatic N) is 1. The molecule has 5 nitrogen and oxygen atoms in total. The maximum Gasteiger partial charge on any atom is 0.234 e. The van der Waals surface area contributed by atoms with Crippen LogP contribution in [0.15, 0.2) is 24.4 Å². The van der Waals surface area contributed by atoms with Crippen molar-refractivity contribution in [1.29, 1.82) is 0 Å². The maximum atomic E-state index is 11.4. The third-order valence-corrected chi connectivity index (χ3v) is 2.47. The average molecular weight is 270 g/mol. The molecule has 0 fully saturated rings. The molecule has 0 bridgehead atoms. The highest BCUT2D eigenvalue weighted by Crippen LogP contribution is 1.93. The van der Waals surface area contributed by atoms with E-state index in [4.69, 9.17) is 11.6 Å². The monoisotopic (exact) mass is 269 g/mol. The molecule has 1 aromatic heterocycles. The lowest BCUT2D eigenvalue weighted by Gasteiger charge is -2.05. The lowest BCUT2D eigenvalue weighted by Crippen LogP contribution is -2.32. The van der Waals surface area contributed by atoms with Crippen LogP contribution < -0.4 is 10.6 Å². The second-order valence-electron chi connectivity index (χ2n) is 3.65. The molecule has 0 saturated heterocycles. The van der Waals surface area contributed by atoms with E-state index >= 15 is 0 Å². The lowest BCUT2D eigenvalue weighted by molar-refractivity contribution is -0.121. The largest absolute Gasteiger partial charge is 0.356 e. The van der Waals surface area contributed by atoms with Gasteiger partial charge in [-0.05, 0) is 12.1 Å². The van der Waals surface area contributed by atoms with Gasteiger partial charge in [-0.3, -0.25) is 14.6 Å². The predicted octanol–water partition coefficient (Wildman–Crippen LogP) is 0.485. The van der Waals surface area contributed by atoms with E-state index in [-0.39, 0.29) is 24.1 Å². The van der Waals surface area contributed by atoms with Crippen LogP contribution in [-0.2, 0) is 16.0 Å². The maximum absolute atomic E-state index is 11.4. The molecule has 0 aromatic carbocycles. The van der Waals surface area contributed by atoms with Crippen LogP contribution in [0.2, 0.25) is 0 Å². The number of alkyl halides is 1. The first-order valence-corrected chi connectivity index (χ1v) is 6.25. The van der Waals surface area contributed by atoms with E-state index in [1.165, 1.54) is 0 Å². The zero-order valence-electron chi connectivity index (χ0n) is 9.99. The van der Waals surface area contributed by atoms with Gasteiger partial charge in [-0.1, -0.05) is 6.07 Å². The third-order valence-electron chi connectivity index (χ3n) is 2.23. The Labute approximate surface area is 111 Å². The molecule has 0 radical (unpaired) electrons. The normalized spacial score (nSPS) is 9.83. The molecule has 0 atom stereocenters. The highest BCUT2D eigenvalue weighted by Gasteiger charge is 2.02. The molecule has 98 valence electrons. The number of rotatable bonds is 7. The Morgan fingerprint density at radius 1 is 1.17 bits per heavy atom. The van der Waals surface area contributed by atoms with Gasteiger partial charge in [-0.15, -0.1) is 11.6 Å². The first kappa shape index (κ1) is 14.4. The van der Waals surface area contributed by atoms with Gasteiger partial charge in [0.15, 0.2) is 0 Å². The molecule has 0 spiro atoms. The zero-order valence-corrected chi connectivity index (χ0v) is 10.7. The summed E-state index contributed by atoms with van der Waals surface area (Å²) in [5, 5.41) is 5.29. The number of hydrogen-bond acceptors (Lipinski definition) is 3. The molecule has 1 aromatic rings. The van der Waals surface area contributed by atoms with Crippen LogP contribution in [0.1, 0.15) is 12.1 Å². The summed E-state index contributed by atoms with van der Waals surface area (Å²) < 4.78 is 0. The summed E-state index contributed by atoms with van der Waals surface area (Å²) in [6.07, 6.45) is 2.67. The van der Waals surface area contributed by atoms with Crippen LogP contribution in [0.5, 0.6) is 0 Å². The fourth-order valence-corrected chi connectivity index (χ4v) is 1.42. The minimum atomic E-state index is -0.266. The molecule has 6 heteroatoms. The van der Waals surface area contributed by atoms with Gasteiger partial charge in [0.1, 0.15) is 5.88 Å². The molecule has 18 heavy (non-hydrogen) atoms. The number of amides is 2. The summed E-state index contributed by atoms with van der Waals surface area (Å²) >= 11 is 5.30. The standard InChI is InChI=1S/C12H16ClN3O2/c13-9-12(18)16-8-5-11(17)15-7-4-10-3-1-2-6-14-10/h1-3,6H,4-5,7-9H2,(H,15,17)(H,16,18). The third kappa shape index (κ3) is 6.20. The molecule has 1 heterocycles. The number of pyridine rings is 1. The SMILES string of the molecule is O=C(CCl)NCCC(=O)NCCc1ccccn1. The molecule has 1 rings (SSSR count). The minimum absolute atomic E-state index is 0.0820. The number of carbonyl (C=O) groups excluding carboxylic acids is 2. The predicted molar refractivity (Wildman–Crippen MR) is 69.3 cm³/mol. The second kappa shape index (κ2) is 8.47. The summed E-state index contributed by atoms with van der Waals surface area (Å²) in [6.45, 7) is 0.847. The van der Waals surface area contributed by atoms with Crippen LogP contribution in [0.4, 0.5) is 0 Å². The van der Waals surface area contributed by atoms with Crippen molar-refractivity contribution in [3.63, 3.8) is 0 Å². The van der Waals surface area contributed by atoms with Crippen LogP contribution >= 0.6 is 11.6 Å². The Kier molecular flexibility index (Phi) is 6.79. The zero-order chi connectivity index (χ0) is 13.2. The fourth-order valence-electron chi connectivity index (χ4n) is 1.33. The number of halogens is 1. The molecule has 0 aliphatic rings. The summed E-state index contributed by atoms with van der Waals surface area (Å²) in [6, 6.07) is 5.67. The molecular weight excluding hydrogens is 254 g/mol. The first-order chi connectivity index (χ1) is 8.72. The van der Waals surface area contributed by atoms with Crippen molar-refractivity contribution >= 4 is 23.4 Å². The topological polar surface area (TPSA) is 71.1 Å². The van der Waals surface area contributed by atoms with Crippen LogP contribution in [0.25, 0.3) is 0 Å². The van der Waals surface area contributed by atoms with Crippen molar-refractivity contribution in [2.45, 2.75) is 12.8 Å². The quantitative estimate of drug-likeness (QED) is 0.708. The Balaban J connectivity index is 2.09. The van der Waals surface area contributed by atoms with Gasteiger partial charge < -0.3 is 10.6 Å². The molecule has 2 amide bonds. The van der Waals surface area contributed by atoms with Gasteiger partial charge in [-0.25, -0.2) is 0 Å². The first-order valence-electron chi connectivity index (χ1n) is 5.71. The Hall–Kier alpha value is -1.62. The lowest BCUT2D eigenvalue weighted by atomic mass is 10.2. The molecule has 0 unspecified atom stereocenters. The van der Waals surface area contributed by atoms with Gasteiger partial charge in [0.2, 0.25) is 11.8 Å². The van der Waals surface area contributed by atoms with Crippen molar-refractivity contribution in [2.24, 2.45) is 0 Å². The number of aromatic nitrogens is 1. The van der Waals surface area contributed by atoms with Gasteiger partial charge >= 0.3 is 0 Å². The van der Waals surface area contributed by atoms with E-state index in [1.807, 2.05) is 18.2 Å². The van der Waals surface area contributed by atoms with Gasteiger partial charge in [0.05, 0.1) is 0 Å². The molecular formula is C12H16ClN3O2. The Morgan fingerprint density at radius 3 is 2.61 bits per heavy atom. The number of nitrogens with one attached hydrogen (secondary N) is 2. The van der Waals surface area contributed by atoms with E-state index in [9.17, 15) is 9.59 Å². The van der Waals surface area contributed by atoms with Crippen LogP contribution in [0, 0.1) is 0 Å². The van der Waals surface area contributed by atoms with Gasteiger partial charge in [0.25, 0.3) is 0 Å². The van der Waals surface area contributed by atoms with E-state index in [1.54, 1.807) is 6.20 Å². The summed E-state index contributed by atoms with van der Waals surface area (Å²) in [4.78, 5) is 26.3.